The predicted octanol–water partition coefficient (Wildman–Crippen LogP) is 14.9. The van der Waals surface area contributed by atoms with E-state index in [0.717, 1.165) is 75.7 Å². The normalized spacial score (nSPS) is 18.0. The zero-order valence-corrected chi connectivity index (χ0v) is 44.6. The molecule has 0 unspecified atom stereocenters. The third kappa shape index (κ3) is 8.01. The van der Waals surface area contributed by atoms with Crippen LogP contribution in [0.1, 0.15) is 89.0 Å². The van der Waals surface area contributed by atoms with Crippen LogP contribution in [0.3, 0.4) is 0 Å². The van der Waals surface area contributed by atoms with Gasteiger partial charge in [-0.15, -0.1) is 0 Å². The smallest absolute Gasteiger partial charge is 0.256 e. The maximum atomic E-state index is 6.93. The highest BCUT2D eigenvalue weighted by molar-refractivity contribution is 9.10. The molecule has 8 aromatic rings. The quantitative estimate of drug-likeness (QED) is 0.123. The average molecular weight is 1070 g/mol. The third-order valence-corrected chi connectivity index (χ3v) is 16.0. The molecule has 0 spiro atoms. The largest absolute Gasteiger partial charge is 0.339 e. The van der Waals surface area contributed by atoms with Crippen LogP contribution in [0.15, 0.2) is 179 Å². The van der Waals surface area contributed by atoms with Crippen LogP contribution in [0, 0.1) is 65.2 Å². The number of benzene rings is 8. The number of halogens is 2. The minimum Gasteiger partial charge on any atom is -0.339 e. The van der Waals surface area contributed by atoms with E-state index < -0.39 is 22.4 Å². The lowest BCUT2D eigenvalue weighted by atomic mass is 9.69. The van der Waals surface area contributed by atoms with Gasteiger partial charge in [0.1, 0.15) is 10.8 Å². The topological polar surface area (TPSA) is 36.9 Å². The molecule has 0 bridgehead atoms. The van der Waals surface area contributed by atoms with E-state index in [-0.39, 0.29) is 0 Å². The molecule has 0 aromatic heterocycles. The number of aryl methyl sites for hydroxylation is 6. The Bertz CT molecular complexity index is 3010. The number of hydrogen-bond donors (Lipinski definition) is 0. The first-order chi connectivity index (χ1) is 34.8. The maximum Gasteiger partial charge on any atom is 0.256 e. The Morgan fingerprint density at radius 3 is 0.792 bits per heavy atom. The van der Waals surface area contributed by atoms with Gasteiger partial charge in [-0.2, -0.15) is 0 Å². The van der Waals surface area contributed by atoms with Crippen molar-refractivity contribution in [1.82, 2.24) is 0 Å². The summed E-state index contributed by atoms with van der Waals surface area (Å²) < 4.78 is 29.4. The highest BCUT2D eigenvalue weighted by Gasteiger charge is 2.66. The van der Waals surface area contributed by atoms with Gasteiger partial charge in [0.15, 0.2) is 0 Å². The Morgan fingerprint density at radius 1 is 0.347 bits per heavy atom. The van der Waals surface area contributed by atoms with E-state index in [1.165, 1.54) is 33.4 Å². The fourth-order valence-electron chi connectivity index (χ4n) is 10.8. The maximum absolute atomic E-state index is 6.93. The summed E-state index contributed by atoms with van der Waals surface area (Å²) in [6.45, 7) is 14.0. The van der Waals surface area contributed by atoms with E-state index in [2.05, 4.69) is 267 Å². The van der Waals surface area contributed by atoms with E-state index in [1.807, 2.05) is 0 Å². The van der Waals surface area contributed by atoms with Gasteiger partial charge in [-0.05, 0) is 142 Å². The Labute approximate surface area is 441 Å². The van der Waals surface area contributed by atoms with E-state index in [4.69, 9.17) is 18.9 Å². The fraction of sp³-hybridized carbons (Fsp3) is 0.212. The van der Waals surface area contributed by atoms with Crippen molar-refractivity contribution >= 4 is 31.9 Å². The molecule has 11 rings (SSSR count). The molecule has 4 nitrogen and oxygen atoms in total. The van der Waals surface area contributed by atoms with Crippen molar-refractivity contribution in [2.75, 3.05) is 26.4 Å². The molecule has 8 aromatic carbocycles. The van der Waals surface area contributed by atoms with Crippen molar-refractivity contribution in [3.05, 3.63) is 268 Å². The summed E-state index contributed by atoms with van der Waals surface area (Å²) in [4.78, 5) is 0. The van der Waals surface area contributed by atoms with E-state index >= 15 is 0 Å². The molecule has 2 aliphatic heterocycles. The number of ether oxygens (including phenoxy) is 4. The van der Waals surface area contributed by atoms with Crippen molar-refractivity contribution in [3.8, 4) is 34.8 Å². The molecule has 0 atom stereocenters. The first kappa shape index (κ1) is 48.0. The van der Waals surface area contributed by atoms with Crippen LogP contribution in [0.25, 0.3) is 11.1 Å². The Morgan fingerprint density at radius 2 is 0.569 bits per heavy atom. The summed E-state index contributed by atoms with van der Waals surface area (Å²) in [5.41, 5.74) is 17.0. The third-order valence-electron chi connectivity index (χ3n) is 14.7. The molecular weight excluding hydrogens is 1020 g/mol. The molecule has 6 heteroatoms. The van der Waals surface area contributed by atoms with Crippen molar-refractivity contribution in [3.63, 3.8) is 0 Å². The fourth-order valence-corrected chi connectivity index (χ4v) is 11.7. The van der Waals surface area contributed by atoms with Gasteiger partial charge in [0.05, 0.1) is 26.4 Å². The van der Waals surface area contributed by atoms with Crippen LogP contribution in [0.4, 0.5) is 0 Å². The zero-order chi connectivity index (χ0) is 49.8. The molecule has 0 amide bonds. The van der Waals surface area contributed by atoms with Gasteiger partial charge in [-0.25, -0.2) is 0 Å². The molecule has 2 saturated heterocycles. The lowest BCUT2D eigenvalue weighted by Gasteiger charge is -2.56. The average Bonchev–Trinajstić information content (AvgIpc) is 3.39. The molecule has 2 heterocycles. The molecule has 0 radical (unpaired) electrons. The summed E-state index contributed by atoms with van der Waals surface area (Å²) in [6, 6.07) is 61.1. The van der Waals surface area contributed by atoms with Gasteiger partial charge in [0.25, 0.3) is 11.6 Å². The summed E-state index contributed by atoms with van der Waals surface area (Å²) in [5.74, 6) is 12.4. The minimum atomic E-state index is -1.45. The van der Waals surface area contributed by atoms with E-state index in [0.29, 0.717) is 26.4 Å². The van der Waals surface area contributed by atoms with Crippen LogP contribution >= 0.6 is 31.9 Å². The highest BCUT2D eigenvalue weighted by atomic mass is 79.9. The standard InChI is InChI=1S/C66H54Br2O4/c1-43-7-19-51(20-8-43)63(52-21-9-44(2)10-22-52,53-23-11-45(3)12-24-53)33-31-49-39-59-57(41-61(49)67)58-42-62(68)50(40-60(58)66-65(59,69-35-37-71-66)70-36-38-72-66)32-34-64(54-25-13-46(4)14-26-54,55-27-15-47(5)16-28-55)56-29-17-48(6)18-30-56/h7-30,39-42H,35-38H2,1-6H3. The van der Waals surface area contributed by atoms with Crippen LogP contribution in [0.2, 0.25) is 0 Å². The van der Waals surface area contributed by atoms with Gasteiger partial charge in [0, 0.05) is 31.2 Å². The van der Waals surface area contributed by atoms with Crippen LogP contribution in [0.5, 0.6) is 0 Å². The van der Waals surface area contributed by atoms with Gasteiger partial charge < -0.3 is 18.9 Å². The van der Waals surface area contributed by atoms with Crippen molar-refractivity contribution in [2.45, 2.75) is 63.9 Å². The van der Waals surface area contributed by atoms with Gasteiger partial charge in [-0.1, -0.05) is 203 Å². The second-order valence-corrected chi connectivity index (χ2v) is 21.3. The van der Waals surface area contributed by atoms with Gasteiger partial charge in [0.2, 0.25) is 0 Å². The van der Waals surface area contributed by atoms with Crippen molar-refractivity contribution in [2.24, 2.45) is 0 Å². The SMILES string of the molecule is Cc1ccc(C(C#Cc2cc3c(cc2Br)-c2cc(Br)c(C#CC(c4ccc(C)cc4)(c4ccc(C)cc4)c4ccc(C)cc4)cc2C24OCCOC32OCCO4)(c2ccc(C)cc2)c2ccc(C)cc2)cc1. The van der Waals surface area contributed by atoms with Gasteiger partial charge in [-0.3, -0.25) is 0 Å². The molecule has 2 fully saturated rings. The zero-order valence-electron chi connectivity index (χ0n) is 41.4. The summed E-state index contributed by atoms with van der Waals surface area (Å²) in [5, 5.41) is 0. The number of hydrogen-bond acceptors (Lipinski definition) is 4. The summed E-state index contributed by atoms with van der Waals surface area (Å²) in [6.07, 6.45) is 0. The predicted molar refractivity (Wildman–Crippen MR) is 295 cm³/mol. The lowest BCUT2D eigenvalue weighted by molar-refractivity contribution is -0.483. The molecule has 1 aliphatic carbocycles. The Balaban J connectivity index is 1.12. The van der Waals surface area contributed by atoms with Crippen molar-refractivity contribution < 1.29 is 18.9 Å². The molecule has 356 valence electrons. The number of rotatable bonds is 6. The second kappa shape index (κ2) is 18.9. The molecular formula is C66H54Br2O4. The molecule has 0 saturated carbocycles. The van der Waals surface area contributed by atoms with E-state index in [1.54, 1.807) is 0 Å². The minimum absolute atomic E-state index is 0.309. The Kier molecular flexibility index (Phi) is 12.6. The first-order valence-electron chi connectivity index (χ1n) is 24.6. The highest BCUT2D eigenvalue weighted by Crippen LogP contribution is 2.60. The molecule has 3 aliphatic rings. The second-order valence-electron chi connectivity index (χ2n) is 19.6. The number of fused-ring (bicyclic) bond motifs is 3. The molecule has 72 heavy (non-hydrogen) atoms. The van der Waals surface area contributed by atoms with Crippen LogP contribution in [-0.2, 0) is 41.4 Å². The van der Waals surface area contributed by atoms with Gasteiger partial charge >= 0.3 is 0 Å². The monoisotopic (exact) mass is 1070 g/mol. The van der Waals surface area contributed by atoms with Crippen LogP contribution < -0.4 is 0 Å². The summed E-state index contributed by atoms with van der Waals surface area (Å²) in [7, 11) is 0. The Hall–Kier alpha value is -6.32. The molecule has 0 N–H and O–H groups in total. The summed E-state index contributed by atoms with van der Waals surface area (Å²) >= 11 is 8.09. The van der Waals surface area contributed by atoms with E-state index in [9.17, 15) is 0 Å². The first-order valence-corrected chi connectivity index (χ1v) is 26.2. The lowest BCUT2D eigenvalue weighted by Crippen LogP contribution is -2.64. The van der Waals surface area contributed by atoms with Crippen LogP contribution in [-0.4, -0.2) is 26.4 Å². The van der Waals surface area contributed by atoms with Crippen molar-refractivity contribution in [1.29, 1.82) is 0 Å².